The van der Waals surface area contributed by atoms with E-state index in [4.69, 9.17) is 0 Å². The highest BCUT2D eigenvalue weighted by Crippen LogP contribution is 2.55. The molecular formula is C60H49NS. The number of rotatable bonds is 4. The van der Waals surface area contributed by atoms with E-state index in [1.54, 1.807) is 0 Å². The minimum absolute atomic E-state index is 0.0643. The van der Waals surface area contributed by atoms with Gasteiger partial charge >= 0.3 is 0 Å². The van der Waals surface area contributed by atoms with Gasteiger partial charge in [0.25, 0.3) is 0 Å². The molecule has 0 aliphatic heterocycles. The lowest BCUT2D eigenvalue weighted by Gasteiger charge is -2.30. The van der Waals surface area contributed by atoms with Crippen molar-refractivity contribution >= 4 is 70.1 Å². The maximum Gasteiger partial charge on any atom is 0.0546 e. The van der Waals surface area contributed by atoms with Gasteiger partial charge in [0.05, 0.1) is 5.69 Å². The molecule has 0 radical (unpaired) electrons. The number of thiophene rings is 1. The molecule has 2 aliphatic carbocycles. The highest BCUT2D eigenvalue weighted by molar-refractivity contribution is 7.25. The van der Waals surface area contributed by atoms with Gasteiger partial charge in [-0.15, -0.1) is 11.3 Å². The van der Waals surface area contributed by atoms with E-state index in [1.807, 2.05) is 11.3 Å². The number of hydrogen-bond donors (Lipinski definition) is 0. The Kier molecular flexibility index (Phi) is 7.83. The molecule has 0 spiro atoms. The molecule has 10 aromatic rings. The van der Waals surface area contributed by atoms with Crippen molar-refractivity contribution in [1.29, 1.82) is 0 Å². The molecule has 0 bridgehead atoms. The summed E-state index contributed by atoms with van der Waals surface area (Å²) in [6, 6.07) is 65.0. The number of hydrogen-bond acceptors (Lipinski definition) is 2. The SMILES string of the molecule is CC(C)(C)c1ccc2c(c1)sc1cc(N(c3ccc4c(c3)-c3cc5ccccc5cc3C4(C)C)c3ccc4ccccc4c3-c3ccc4c(c3)-c3ccccc3C4(C)C)ccc12. The Balaban J connectivity index is 1.13. The smallest absolute Gasteiger partial charge is 0.0546 e. The molecule has 0 fully saturated rings. The minimum atomic E-state index is -0.122. The first-order valence-corrected chi connectivity index (χ1v) is 22.9. The second-order valence-corrected chi connectivity index (χ2v) is 20.9. The van der Waals surface area contributed by atoms with Gasteiger partial charge in [-0.3, -0.25) is 0 Å². The number of benzene rings is 9. The molecule has 0 unspecified atom stereocenters. The van der Waals surface area contributed by atoms with E-state index in [1.165, 1.54) is 109 Å². The lowest BCUT2D eigenvalue weighted by Crippen LogP contribution is -2.16. The van der Waals surface area contributed by atoms with Crippen molar-refractivity contribution in [3.8, 4) is 33.4 Å². The fourth-order valence-electron chi connectivity index (χ4n) is 11.0. The quantitative estimate of drug-likeness (QED) is 0.171. The molecule has 62 heavy (non-hydrogen) atoms. The summed E-state index contributed by atoms with van der Waals surface area (Å²) in [5.41, 5.74) is 18.1. The maximum atomic E-state index is 2.55. The van der Waals surface area contributed by atoms with E-state index < -0.39 is 0 Å². The normalized spacial score (nSPS) is 14.6. The molecule has 12 rings (SSSR count). The van der Waals surface area contributed by atoms with Crippen molar-refractivity contribution in [1.82, 2.24) is 0 Å². The van der Waals surface area contributed by atoms with Crippen molar-refractivity contribution in [3.05, 3.63) is 198 Å². The molecule has 2 heteroatoms. The van der Waals surface area contributed by atoms with E-state index in [9.17, 15) is 0 Å². The summed E-state index contributed by atoms with van der Waals surface area (Å²) < 4.78 is 2.64. The fraction of sp³-hybridized carbons (Fsp3) is 0.167. The summed E-state index contributed by atoms with van der Waals surface area (Å²) in [7, 11) is 0. The lowest BCUT2D eigenvalue weighted by atomic mass is 9.82. The van der Waals surface area contributed by atoms with Crippen LogP contribution < -0.4 is 4.90 Å². The third kappa shape index (κ3) is 5.39. The van der Waals surface area contributed by atoms with Crippen LogP contribution in [-0.2, 0) is 16.2 Å². The zero-order valence-corrected chi connectivity index (χ0v) is 37.3. The molecule has 0 N–H and O–H groups in total. The van der Waals surface area contributed by atoms with Crippen LogP contribution in [0.15, 0.2) is 170 Å². The number of fused-ring (bicyclic) bond motifs is 11. The van der Waals surface area contributed by atoms with E-state index in [2.05, 4.69) is 223 Å². The first-order chi connectivity index (χ1) is 29.9. The summed E-state index contributed by atoms with van der Waals surface area (Å²) in [5.74, 6) is 0. The van der Waals surface area contributed by atoms with E-state index in [-0.39, 0.29) is 16.2 Å². The molecule has 9 aromatic carbocycles. The van der Waals surface area contributed by atoms with Crippen LogP contribution in [0.5, 0.6) is 0 Å². The minimum Gasteiger partial charge on any atom is -0.310 e. The van der Waals surface area contributed by atoms with E-state index >= 15 is 0 Å². The predicted molar refractivity (Wildman–Crippen MR) is 268 cm³/mol. The second-order valence-electron chi connectivity index (χ2n) is 19.8. The van der Waals surface area contributed by atoms with Crippen molar-refractivity contribution < 1.29 is 0 Å². The van der Waals surface area contributed by atoms with Gasteiger partial charge in [0.1, 0.15) is 0 Å². The Labute approximate surface area is 368 Å². The largest absolute Gasteiger partial charge is 0.310 e. The first kappa shape index (κ1) is 37.3. The first-order valence-electron chi connectivity index (χ1n) is 22.1. The third-order valence-electron chi connectivity index (χ3n) is 14.4. The zero-order chi connectivity index (χ0) is 42.3. The Morgan fingerprint density at radius 2 is 1.00 bits per heavy atom. The highest BCUT2D eigenvalue weighted by Gasteiger charge is 2.38. The van der Waals surface area contributed by atoms with Gasteiger partial charge in [-0.05, 0) is 137 Å². The predicted octanol–water partition coefficient (Wildman–Crippen LogP) is 17.4. The van der Waals surface area contributed by atoms with Gasteiger partial charge in [0.2, 0.25) is 0 Å². The molecular weight excluding hydrogens is 767 g/mol. The molecule has 300 valence electrons. The van der Waals surface area contributed by atoms with Crippen LogP contribution in [0.1, 0.15) is 76.3 Å². The fourth-order valence-corrected chi connectivity index (χ4v) is 12.2. The molecule has 1 heterocycles. The van der Waals surface area contributed by atoms with Crippen molar-refractivity contribution in [2.75, 3.05) is 4.90 Å². The van der Waals surface area contributed by atoms with E-state index in [0.717, 1.165) is 11.4 Å². The van der Waals surface area contributed by atoms with Gasteiger partial charge < -0.3 is 4.90 Å². The summed E-state index contributed by atoms with van der Waals surface area (Å²) in [6.45, 7) is 16.4. The van der Waals surface area contributed by atoms with Crippen LogP contribution >= 0.6 is 11.3 Å². The van der Waals surface area contributed by atoms with Crippen LogP contribution in [-0.4, -0.2) is 0 Å². The zero-order valence-electron chi connectivity index (χ0n) is 36.5. The summed E-state index contributed by atoms with van der Waals surface area (Å²) in [6.07, 6.45) is 0. The van der Waals surface area contributed by atoms with Gasteiger partial charge in [-0.25, -0.2) is 0 Å². The molecule has 0 amide bonds. The average Bonchev–Trinajstić information content (AvgIpc) is 3.83. The van der Waals surface area contributed by atoms with Gasteiger partial charge in [0.15, 0.2) is 0 Å². The molecule has 1 aromatic heterocycles. The van der Waals surface area contributed by atoms with E-state index in [0.29, 0.717) is 0 Å². The van der Waals surface area contributed by atoms with Crippen molar-refractivity contribution in [2.45, 2.75) is 64.7 Å². The summed E-state index contributed by atoms with van der Waals surface area (Å²) in [5, 5.41) is 7.69. The molecule has 0 saturated heterocycles. The Morgan fingerprint density at radius 3 is 1.79 bits per heavy atom. The van der Waals surface area contributed by atoms with Crippen molar-refractivity contribution in [2.24, 2.45) is 0 Å². The molecule has 2 aliphatic rings. The maximum absolute atomic E-state index is 2.55. The Morgan fingerprint density at radius 1 is 0.419 bits per heavy atom. The highest BCUT2D eigenvalue weighted by atomic mass is 32.1. The number of anilines is 3. The molecule has 1 nitrogen and oxygen atoms in total. The van der Waals surface area contributed by atoms with Crippen LogP contribution in [0.4, 0.5) is 17.1 Å². The topological polar surface area (TPSA) is 3.24 Å². The molecule has 0 saturated carbocycles. The third-order valence-corrected chi connectivity index (χ3v) is 15.5. The lowest BCUT2D eigenvalue weighted by molar-refractivity contribution is 0.591. The second kappa shape index (κ2) is 13.0. The average molecular weight is 816 g/mol. The van der Waals surface area contributed by atoms with Gasteiger partial charge in [-0.1, -0.05) is 164 Å². The standard InChI is InChI=1S/C60H49NS/c1-58(2,3)40-22-25-45-46-26-23-42(35-56(46)62-55(45)33-40)61(41-24-28-52-49(34-41)48-30-37-15-8-9-16-38(37)32-53(48)60(52,6)7)54-29-21-36-14-10-11-17-43(36)57(54)39-20-27-51-47(31-39)44-18-12-13-19-50(44)59(51,4)5/h8-35H,1-7H3. The van der Waals surface area contributed by atoms with Crippen LogP contribution in [0.3, 0.4) is 0 Å². The van der Waals surface area contributed by atoms with Crippen LogP contribution in [0, 0.1) is 0 Å². The van der Waals surface area contributed by atoms with Crippen LogP contribution in [0.25, 0.3) is 75.1 Å². The Bertz CT molecular complexity index is 3520. The number of nitrogens with zero attached hydrogens (tertiary/aromatic N) is 1. The molecule has 0 atom stereocenters. The van der Waals surface area contributed by atoms with Crippen molar-refractivity contribution in [3.63, 3.8) is 0 Å². The monoisotopic (exact) mass is 815 g/mol. The van der Waals surface area contributed by atoms with Gasteiger partial charge in [0, 0.05) is 47.9 Å². The summed E-state index contributed by atoms with van der Waals surface area (Å²) in [4.78, 5) is 2.55. The summed E-state index contributed by atoms with van der Waals surface area (Å²) >= 11 is 1.91. The van der Waals surface area contributed by atoms with Crippen LogP contribution in [0.2, 0.25) is 0 Å². The Hall–Kier alpha value is -6.48. The van der Waals surface area contributed by atoms with Gasteiger partial charge in [-0.2, -0.15) is 0 Å².